The van der Waals surface area contributed by atoms with Gasteiger partial charge in [0.1, 0.15) is 11.6 Å². The first-order valence-corrected chi connectivity index (χ1v) is 6.61. The smallest absolute Gasteiger partial charge is 0.173 e. The Hall–Kier alpha value is -1.65. The van der Waals surface area contributed by atoms with E-state index in [2.05, 4.69) is 45.5 Å². The number of rotatable bonds is 4. The van der Waals surface area contributed by atoms with Crippen molar-refractivity contribution in [2.24, 2.45) is 0 Å². The van der Waals surface area contributed by atoms with Crippen LogP contribution in [0, 0.1) is 0 Å². The number of aromatic nitrogens is 5. The molecule has 0 unspecified atom stereocenters. The molecule has 2 aromatic rings. The molecular formula is C13H19N5. The van der Waals surface area contributed by atoms with Crippen LogP contribution in [0.15, 0.2) is 12.4 Å². The van der Waals surface area contributed by atoms with Crippen molar-refractivity contribution in [2.45, 2.75) is 51.5 Å². The maximum Gasteiger partial charge on any atom is 0.173 e. The number of aromatic amines is 1. The molecule has 0 saturated heterocycles. The van der Waals surface area contributed by atoms with Gasteiger partial charge in [0.25, 0.3) is 0 Å². The highest BCUT2D eigenvalue weighted by atomic mass is 15.3. The van der Waals surface area contributed by atoms with Gasteiger partial charge in [-0.05, 0) is 19.8 Å². The predicted octanol–water partition coefficient (Wildman–Crippen LogP) is 2.61. The lowest BCUT2D eigenvalue weighted by Gasteiger charge is -2.15. The van der Waals surface area contributed by atoms with E-state index in [9.17, 15) is 0 Å². The molecule has 0 amide bonds. The van der Waals surface area contributed by atoms with Crippen molar-refractivity contribution >= 4 is 0 Å². The zero-order valence-corrected chi connectivity index (χ0v) is 11.1. The molecule has 1 aliphatic rings. The van der Waals surface area contributed by atoms with E-state index in [1.807, 2.05) is 12.4 Å². The number of nitrogens with one attached hydrogen (secondary N) is 1. The quantitative estimate of drug-likeness (QED) is 0.900. The summed E-state index contributed by atoms with van der Waals surface area (Å²) in [6, 6.07) is 0.133. The van der Waals surface area contributed by atoms with Crippen LogP contribution in [0.2, 0.25) is 0 Å². The molecular weight excluding hydrogens is 226 g/mol. The van der Waals surface area contributed by atoms with E-state index in [0.717, 1.165) is 17.5 Å². The molecule has 18 heavy (non-hydrogen) atoms. The Kier molecular flexibility index (Phi) is 2.69. The fourth-order valence-electron chi connectivity index (χ4n) is 2.24. The minimum atomic E-state index is 0.133. The van der Waals surface area contributed by atoms with Crippen molar-refractivity contribution in [1.82, 2.24) is 24.7 Å². The lowest BCUT2D eigenvalue weighted by atomic mass is 10.2. The molecule has 2 aromatic heterocycles. The molecule has 0 spiro atoms. The number of H-pyrrole nitrogens is 1. The van der Waals surface area contributed by atoms with Crippen LogP contribution in [0.1, 0.15) is 69.0 Å². The van der Waals surface area contributed by atoms with E-state index in [1.54, 1.807) is 0 Å². The highest BCUT2D eigenvalue weighted by Crippen LogP contribution is 2.38. The molecule has 0 aliphatic heterocycles. The first kappa shape index (κ1) is 11.4. The molecule has 0 radical (unpaired) electrons. The number of imidazole rings is 1. The molecule has 1 fully saturated rings. The molecule has 0 aromatic carbocycles. The highest BCUT2D eigenvalue weighted by Gasteiger charge is 2.28. The van der Waals surface area contributed by atoms with Crippen LogP contribution in [0.3, 0.4) is 0 Å². The Morgan fingerprint density at radius 3 is 2.78 bits per heavy atom. The van der Waals surface area contributed by atoms with Crippen LogP contribution in [0.25, 0.3) is 0 Å². The summed E-state index contributed by atoms with van der Waals surface area (Å²) >= 11 is 0. The first-order chi connectivity index (χ1) is 8.66. The normalized spacial score (nSPS) is 17.3. The van der Waals surface area contributed by atoms with Crippen molar-refractivity contribution < 1.29 is 0 Å². The Balaban J connectivity index is 1.87. The van der Waals surface area contributed by atoms with Crippen LogP contribution in [-0.4, -0.2) is 24.7 Å². The van der Waals surface area contributed by atoms with E-state index in [0.29, 0.717) is 11.8 Å². The fourth-order valence-corrected chi connectivity index (χ4v) is 2.24. The third-order valence-electron chi connectivity index (χ3n) is 3.49. The average Bonchev–Trinajstić information content (AvgIpc) is 2.92. The maximum absolute atomic E-state index is 4.61. The monoisotopic (exact) mass is 245 g/mol. The minimum Gasteiger partial charge on any atom is -0.324 e. The van der Waals surface area contributed by atoms with Gasteiger partial charge in [0.05, 0.1) is 6.04 Å². The second-order valence-corrected chi connectivity index (χ2v) is 5.38. The molecule has 96 valence electrons. The molecule has 1 saturated carbocycles. The van der Waals surface area contributed by atoms with E-state index in [4.69, 9.17) is 0 Å². The van der Waals surface area contributed by atoms with Gasteiger partial charge in [0.15, 0.2) is 5.82 Å². The van der Waals surface area contributed by atoms with Crippen molar-refractivity contribution in [3.63, 3.8) is 0 Å². The van der Waals surface area contributed by atoms with Gasteiger partial charge in [0, 0.05) is 24.2 Å². The number of hydrogen-bond donors (Lipinski definition) is 1. The molecule has 1 atom stereocenters. The highest BCUT2D eigenvalue weighted by molar-refractivity contribution is 5.09. The standard InChI is InChI=1S/C13H19N5/c1-8(2)13-14-6-7-18(13)9(3)11-15-12(17-16-11)10-4-5-10/h6-10H,4-5H2,1-3H3,(H,15,16,17)/t9-/m1/s1. The van der Waals surface area contributed by atoms with Gasteiger partial charge in [-0.3, -0.25) is 5.10 Å². The summed E-state index contributed by atoms with van der Waals surface area (Å²) < 4.78 is 2.16. The number of hydrogen-bond acceptors (Lipinski definition) is 3. The Labute approximate surface area is 107 Å². The summed E-state index contributed by atoms with van der Waals surface area (Å²) in [5, 5.41) is 7.41. The van der Waals surface area contributed by atoms with E-state index >= 15 is 0 Å². The van der Waals surface area contributed by atoms with Gasteiger partial charge in [-0.15, -0.1) is 0 Å². The van der Waals surface area contributed by atoms with Gasteiger partial charge >= 0.3 is 0 Å². The SMILES string of the molecule is CC(C)c1nccn1[C@H](C)c1n[nH]c(C2CC2)n1. The Bertz CT molecular complexity index is 535. The topological polar surface area (TPSA) is 59.4 Å². The van der Waals surface area contributed by atoms with Crippen molar-refractivity contribution in [1.29, 1.82) is 0 Å². The summed E-state index contributed by atoms with van der Waals surface area (Å²) in [4.78, 5) is 9.03. The molecule has 1 N–H and O–H groups in total. The summed E-state index contributed by atoms with van der Waals surface area (Å²) in [5.74, 6) is 4.01. The second-order valence-electron chi connectivity index (χ2n) is 5.38. The Morgan fingerprint density at radius 2 is 2.11 bits per heavy atom. The van der Waals surface area contributed by atoms with Gasteiger partial charge in [-0.25, -0.2) is 9.97 Å². The number of nitrogens with zero attached hydrogens (tertiary/aromatic N) is 4. The molecule has 0 bridgehead atoms. The van der Waals surface area contributed by atoms with Crippen LogP contribution in [-0.2, 0) is 0 Å². The van der Waals surface area contributed by atoms with Gasteiger partial charge in [-0.2, -0.15) is 5.10 Å². The largest absolute Gasteiger partial charge is 0.324 e. The van der Waals surface area contributed by atoms with Gasteiger partial charge in [0.2, 0.25) is 0 Å². The lowest BCUT2D eigenvalue weighted by Crippen LogP contribution is -2.12. The third-order valence-corrected chi connectivity index (χ3v) is 3.49. The van der Waals surface area contributed by atoms with E-state index in [-0.39, 0.29) is 6.04 Å². The molecule has 2 heterocycles. The fraction of sp³-hybridized carbons (Fsp3) is 0.615. The summed E-state index contributed by atoms with van der Waals surface area (Å²) in [7, 11) is 0. The zero-order chi connectivity index (χ0) is 12.7. The van der Waals surface area contributed by atoms with Gasteiger partial charge in [-0.1, -0.05) is 13.8 Å². The second kappa shape index (κ2) is 4.23. The zero-order valence-electron chi connectivity index (χ0n) is 11.1. The molecule has 3 rings (SSSR count). The summed E-state index contributed by atoms with van der Waals surface area (Å²) in [5.41, 5.74) is 0. The molecule has 5 heteroatoms. The van der Waals surface area contributed by atoms with E-state index in [1.165, 1.54) is 12.8 Å². The van der Waals surface area contributed by atoms with Crippen LogP contribution >= 0.6 is 0 Å². The molecule has 5 nitrogen and oxygen atoms in total. The van der Waals surface area contributed by atoms with Crippen molar-refractivity contribution in [3.05, 3.63) is 29.9 Å². The first-order valence-electron chi connectivity index (χ1n) is 6.61. The average molecular weight is 245 g/mol. The maximum atomic E-state index is 4.61. The van der Waals surface area contributed by atoms with Crippen LogP contribution in [0.5, 0.6) is 0 Å². The van der Waals surface area contributed by atoms with Crippen molar-refractivity contribution in [3.8, 4) is 0 Å². The van der Waals surface area contributed by atoms with Crippen molar-refractivity contribution in [2.75, 3.05) is 0 Å². The van der Waals surface area contributed by atoms with Gasteiger partial charge < -0.3 is 4.57 Å². The molecule has 1 aliphatic carbocycles. The predicted molar refractivity (Wildman–Crippen MR) is 68.5 cm³/mol. The van der Waals surface area contributed by atoms with Crippen LogP contribution < -0.4 is 0 Å². The van der Waals surface area contributed by atoms with Crippen LogP contribution in [0.4, 0.5) is 0 Å². The summed E-state index contributed by atoms with van der Waals surface area (Å²) in [6.07, 6.45) is 6.34. The Morgan fingerprint density at radius 1 is 1.33 bits per heavy atom. The van der Waals surface area contributed by atoms with E-state index < -0.39 is 0 Å². The summed E-state index contributed by atoms with van der Waals surface area (Å²) in [6.45, 7) is 6.42. The minimum absolute atomic E-state index is 0.133. The lowest BCUT2D eigenvalue weighted by molar-refractivity contribution is 0.554. The third kappa shape index (κ3) is 1.94.